The molecule has 2 N–H and O–H groups in total. The Hall–Kier alpha value is -3.97. The second-order valence-corrected chi connectivity index (χ2v) is 10.8. The zero-order chi connectivity index (χ0) is 27.6. The molecule has 0 bridgehead atoms. The van der Waals surface area contributed by atoms with Gasteiger partial charge in [-0.3, -0.25) is 4.79 Å². The molecule has 5 nitrogen and oxygen atoms in total. The van der Waals surface area contributed by atoms with E-state index >= 15 is 0 Å². The van der Waals surface area contributed by atoms with Crippen molar-refractivity contribution in [3.63, 3.8) is 0 Å². The van der Waals surface area contributed by atoms with Gasteiger partial charge in [0.15, 0.2) is 5.11 Å². The van der Waals surface area contributed by atoms with E-state index in [4.69, 9.17) is 40.5 Å². The van der Waals surface area contributed by atoms with Gasteiger partial charge in [0.1, 0.15) is 0 Å². The molecule has 1 atom stereocenters. The number of nitrogens with zero attached hydrogens (tertiary/aromatic N) is 2. The first-order valence-corrected chi connectivity index (χ1v) is 14.0. The first kappa shape index (κ1) is 26.3. The number of pyridine rings is 1. The number of thiocarbonyl (C=S) groups is 1. The molecule has 0 saturated carbocycles. The lowest BCUT2D eigenvalue weighted by Gasteiger charge is -2.25. The van der Waals surface area contributed by atoms with Crippen LogP contribution in [0.4, 0.5) is 0 Å². The Morgan fingerprint density at radius 3 is 2.38 bits per heavy atom. The zero-order valence-corrected chi connectivity index (χ0v) is 23.6. The van der Waals surface area contributed by atoms with Gasteiger partial charge in [0.05, 0.1) is 17.3 Å². The van der Waals surface area contributed by atoms with Crippen LogP contribution in [0.25, 0.3) is 22.0 Å². The van der Waals surface area contributed by atoms with Crippen molar-refractivity contribution in [2.75, 3.05) is 0 Å². The molecule has 1 aliphatic heterocycles. The average Bonchev–Trinajstić information content (AvgIpc) is 3.41. The predicted molar refractivity (Wildman–Crippen MR) is 168 cm³/mol. The normalized spacial score (nSPS) is 14.8. The van der Waals surface area contributed by atoms with E-state index in [-0.39, 0.29) is 11.6 Å². The van der Waals surface area contributed by atoms with Gasteiger partial charge >= 0.3 is 0 Å². The molecule has 40 heavy (non-hydrogen) atoms. The average molecular weight is 584 g/mol. The summed E-state index contributed by atoms with van der Waals surface area (Å²) in [6, 6.07) is 32.7. The number of hydrazone groups is 1. The molecule has 0 aliphatic carbocycles. The molecule has 0 unspecified atom stereocenters. The maximum atomic E-state index is 13.7. The van der Waals surface area contributed by atoms with Crippen LogP contribution in [-0.4, -0.2) is 20.8 Å². The van der Waals surface area contributed by atoms with Crippen LogP contribution < -0.4 is 10.9 Å². The van der Waals surface area contributed by atoms with Crippen molar-refractivity contribution in [1.29, 1.82) is 0 Å². The summed E-state index contributed by atoms with van der Waals surface area (Å²) in [6.45, 7) is 0.544. The van der Waals surface area contributed by atoms with Crippen molar-refractivity contribution in [3.05, 3.63) is 140 Å². The first-order chi connectivity index (χ1) is 19.5. The summed E-state index contributed by atoms with van der Waals surface area (Å²) >= 11 is 18.7. The lowest BCUT2D eigenvalue weighted by Crippen LogP contribution is -2.36. The van der Waals surface area contributed by atoms with Crippen LogP contribution >= 0.6 is 35.4 Å². The largest absolute Gasteiger partial charge is 0.357 e. The highest BCUT2D eigenvalue weighted by Gasteiger charge is 2.35. The van der Waals surface area contributed by atoms with Crippen molar-refractivity contribution >= 4 is 57.1 Å². The third-order valence-corrected chi connectivity index (χ3v) is 7.94. The van der Waals surface area contributed by atoms with Crippen LogP contribution in [0.2, 0.25) is 10.0 Å². The van der Waals surface area contributed by atoms with Crippen LogP contribution in [0.3, 0.4) is 0 Å². The molecule has 6 rings (SSSR count). The molecular weight excluding hydrogens is 559 g/mol. The van der Waals surface area contributed by atoms with E-state index < -0.39 is 0 Å². The fourth-order valence-electron chi connectivity index (χ4n) is 5.13. The van der Waals surface area contributed by atoms with Gasteiger partial charge in [-0.25, -0.2) is 5.01 Å². The first-order valence-electron chi connectivity index (χ1n) is 12.8. The summed E-state index contributed by atoms with van der Waals surface area (Å²) in [5.74, 6) is 0. The Morgan fingerprint density at radius 2 is 1.60 bits per heavy atom. The topological polar surface area (TPSA) is 60.5 Å². The SMILES string of the molecule is O=c1[nH]c2ccccc2c(-c2ccc(Cl)cc2)c1C1=NN(C(=S)NCc2ccccc2)[C@H](c2ccccc2Cl)C1. The smallest absolute Gasteiger partial charge is 0.258 e. The number of para-hydroxylation sites is 1. The van der Waals surface area contributed by atoms with Crippen LogP contribution in [-0.2, 0) is 6.54 Å². The second-order valence-electron chi connectivity index (χ2n) is 9.53. The number of aromatic nitrogens is 1. The van der Waals surface area contributed by atoms with E-state index in [1.165, 1.54) is 0 Å². The van der Waals surface area contributed by atoms with Gasteiger partial charge in [-0.1, -0.05) is 102 Å². The highest BCUT2D eigenvalue weighted by atomic mass is 35.5. The summed E-state index contributed by atoms with van der Waals surface area (Å²) in [5.41, 5.74) is 5.33. The minimum absolute atomic E-state index is 0.217. The lowest BCUT2D eigenvalue weighted by molar-refractivity contribution is 0.364. The van der Waals surface area contributed by atoms with Gasteiger partial charge in [-0.2, -0.15) is 5.10 Å². The van der Waals surface area contributed by atoms with Crippen LogP contribution in [0.15, 0.2) is 113 Å². The van der Waals surface area contributed by atoms with Crippen molar-refractivity contribution in [2.24, 2.45) is 5.10 Å². The molecule has 2 heterocycles. The van der Waals surface area contributed by atoms with Crippen molar-refractivity contribution in [3.8, 4) is 11.1 Å². The Morgan fingerprint density at radius 1 is 0.900 bits per heavy atom. The molecule has 5 aromatic rings. The molecule has 198 valence electrons. The fourth-order valence-corrected chi connectivity index (χ4v) is 5.75. The summed E-state index contributed by atoms with van der Waals surface area (Å²) in [5, 5.41) is 12.7. The van der Waals surface area contributed by atoms with Crippen LogP contribution in [0.1, 0.15) is 29.2 Å². The lowest BCUT2D eigenvalue weighted by atomic mass is 9.91. The van der Waals surface area contributed by atoms with E-state index in [2.05, 4.69) is 10.3 Å². The summed E-state index contributed by atoms with van der Waals surface area (Å²) < 4.78 is 0. The number of fused-ring (bicyclic) bond motifs is 1. The minimum Gasteiger partial charge on any atom is -0.357 e. The summed E-state index contributed by atoms with van der Waals surface area (Å²) in [7, 11) is 0. The molecule has 1 aromatic heterocycles. The zero-order valence-electron chi connectivity index (χ0n) is 21.3. The number of hydrogen-bond acceptors (Lipinski definition) is 3. The fraction of sp³-hybridized carbons (Fsp3) is 0.0938. The number of halogens is 2. The maximum absolute atomic E-state index is 13.7. The number of nitrogens with one attached hydrogen (secondary N) is 2. The van der Waals surface area contributed by atoms with Gasteiger partial charge in [0.25, 0.3) is 5.56 Å². The number of H-pyrrole nitrogens is 1. The molecule has 0 radical (unpaired) electrons. The van der Waals surface area contributed by atoms with Gasteiger partial charge in [0.2, 0.25) is 0 Å². The third-order valence-electron chi connectivity index (χ3n) is 7.01. The van der Waals surface area contributed by atoms with E-state index in [1.807, 2.05) is 103 Å². The number of benzene rings is 4. The summed E-state index contributed by atoms with van der Waals surface area (Å²) in [4.78, 5) is 16.8. The Kier molecular flexibility index (Phi) is 7.39. The second kappa shape index (κ2) is 11.3. The molecule has 8 heteroatoms. The Balaban J connectivity index is 1.48. The van der Waals surface area contributed by atoms with Crippen LogP contribution in [0, 0.1) is 0 Å². The van der Waals surface area contributed by atoms with Crippen molar-refractivity contribution in [1.82, 2.24) is 15.3 Å². The van der Waals surface area contributed by atoms with Gasteiger partial charge in [-0.05, 0) is 53.2 Å². The summed E-state index contributed by atoms with van der Waals surface area (Å²) in [6.07, 6.45) is 0.443. The maximum Gasteiger partial charge on any atom is 0.258 e. The molecule has 4 aromatic carbocycles. The number of rotatable bonds is 5. The van der Waals surface area contributed by atoms with Gasteiger partial charge in [0, 0.05) is 39.5 Å². The van der Waals surface area contributed by atoms with E-state index in [1.54, 1.807) is 5.01 Å². The molecule has 0 amide bonds. The molecular formula is C32H24Cl2N4OS. The molecule has 0 fully saturated rings. The van der Waals surface area contributed by atoms with Gasteiger partial charge in [-0.15, -0.1) is 0 Å². The predicted octanol–water partition coefficient (Wildman–Crippen LogP) is 7.73. The quantitative estimate of drug-likeness (QED) is 0.208. The minimum atomic E-state index is -0.289. The van der Waals surface area contributed by atoms with Crippen molar-refractivity contribution in [2.45, 2.75) is 19.0 Å². The van der Waals surface area contributed by atoms with Crippen molar-refractivity contribution < 1.29 is 0 Å². The highest BCUT2D eigenvalue weighted by molar-refractivity contribution is 7.80. The highest BCUT2D eigenvalue weighted by Crippen LogP contribution is 2.39. The third kappa shape index (κ3) is 5.13. The standard InChI is InChI=1S/C32H24Cl2N4OS/c33-22-16-14-21(15-17-22)29-24-11-5-7-13-26(24)36-31(39)30(29)27-18-28(23-10-4-6-12-25(23)34)38(37-27)32(40)35-19-20-8-2-1-3-9-20/h1-17,28H,18-19H2,(H,35,40)(H,36,39)/t28-/m0/s1. The van der Waals surface area contributed by atoms with E-state index in [9.17, 15) is 4.79 Å². The Labute approximate surface area is 247 Å². The van der Waals surface area contributed by atoms with E-state index in [0.717, 1.165) is 33.2 Å². The van der Waals surface area contributed by atoms with Gasteiger partial charge < -0.3 is 10.3 Å². The van der Waals surface area contributed by atoms with E-state index in [0.29, 0.717) is 39.4 Å². The Bertz CT molecular complexity index is 1800. The molecule has 1 aliphatic rings. The molecule has 0 spiro atoms. The number of aromatic amines is 1. The monoisotopic (exact) mass is 582 g/mol. The molecule has 0 saturated heterocycles. The number of hydrogen-bond donors (Lipinski definition) is 2. The van der Waals surface area contributed by atoms with Crippen LogP contribution in [0.5, 0.6) is 0 Å².